The summed E-state index contributed by atoms with van der Waals surface area (Å²) in [6.07, 6.45) is 5.94. The van der Waals surface area contributed by atoms with Crippen molar-refractivity contribution >= 4 is 33.1 Å². The summed E-state index contributed by atoms with van der Waals surface area (Å²) in [5.74, 6) is -0.847. The molecule has 0 unspecified atom stereocenters. The van der Waals surface area contributed by atoms with Crippen LogP contribution in [0.1, 0.15) is 0 Å². The third-order valence-electron chi connectivity index (χ3n) is 5.60. The number of likely N-dealkylation sites (N-methyl/N-ethyl adjacent to an activating group) is 1. The number of anilines is 2. The van der Waals surface area contributed by atoms with Crippen LogP contribution in [0.5, 0.6) is 0 Å². The molecule has 0 saturated carbocycles. The number of fused-ring (bicyclic) bond motifs is 1. The highest BCUT2D eigenvalue weighted by Crippen LogP contribution is 2.42. The van der Waals surface area contributed by atoms with E-state index in [-0.39, 0.29) is 12.3 Å². The normalized spacial score (nSPS) is 11.2. The number of aromatic nitrogens is 6. The van der Waals surface area contributed by atoms with Crippen LogP contribution in [0, 0.1) is 11.8 Å². The van der Waals surface area contributed by atoms with Gasteiger partial charge in [0.2, 0.25) is 11.9 Å². The Hall–Kier alpha value is -4.03. The van der Waals surface area contributed by atoms with Crippen molar-refractivity contribution < 1.29 is 13.9 Å². The van der Waals surface area contributed by atoms with Gasteiger partial charge in [0.1, 0.15) is 5.69 Å². The standard InChI is InChI=1S/C24H22F2N8OS/c1-33(9-10-35)19-14-28-21(26)12-17(19)16-4-2-3-15-11-20(36-23(15)16)22-18(25)13-29-24(31-22)27-5-7-34-8-6-30-32-34/h2-4,6,8,11-14,35H,5,7,9-10H2,1H3,(H,27,29,31). The van der Waals surface area contributed by atoms with E-state index in [9.17, 15) is 13.9 Å². The van der Waals surface area contributed by atoms with E-state index in [1.54, 1.807) is 17.1 Å². The third-order valence-corrected chi connectivity index (χ3v) is 6.79. The zero-order valence-electron chi connectivity index (χ0n) is 19.3. The topological polar surface area (TPSA) is 105 Å². The van der Waals surface area contributed by atoms with Gasteiger partial charge < -0.3 is 15.3 Å². The number of aliphatic hydroxyl groups excluding tert-OH is 1. The molecule has 0 bridgehead atoms. The SMILES string of the molecule is CN(CCO)c1cnc(F)cc1-c1cccc2cc(-c3nc(NCCn4ccnn4)ncc3F)sc12. The van der Waals surface area contributed by atoms with Crippen molar-refractivity contribution in [2.24, 2.45) is 0 Å². The maximum absolute atomic E-state index is 14.8. The minimum atomic E-state index is -0.608. The van der Waals surface area contributed by atoms with Gasteiger partial charge in [-0.2, -0.15) is 4.39 Å². The molecule has 5 aromatic rings. The molecule has 4 aromatic heterocycles. The first-order valence-electron chi connectivity index (χ1n) is 11.1. The molecule has 4 heterocycles. The van der Waals surface area contributed by atoms with Gasteiger partial charge in [0.05, 0.1) is 42.3 Å². The molecule has 0 aliphatic rings. The van der Waals surface area contributed by atoms with Crippen LogP contribution >= 0.6 is 11.3 Å². The summed E-state index contributed by atoms with van der Waals surface area (Å²) in [5.41, 5.74) is 2.28. The smallest absolute Gasteiger partial charge is 0.223 e. The summed E-state index contributed by atoms with van der Waals surface area (Å²) in [7, 11) is 1.81. The molecule has 1 aromatic carbocycles. The molecule has 9 nitrogen and oxygen atoms in total. The summed E-state index contributed by atoms with van der Waals surface area (Å²) in [6, 6.07) is 8.92. The zero-order valence-corrected chi connectivity index (χ0v) is 20.1. The molecule has 0 saturated heterocycles. The molecule has 0 spiro atoms. The lowest BCUT2D eigenvalue weighted by molar-refractivity contribution is 0.304. The number of hydrogen-bond acceptors (Lipinski definition) is 9. The quantitative estimate of drug-likeness (QED) is 0.290. The molecular formula is C24H22F2N8OS. The van der Waals surface area contributed by atoms with Gasteiger partial charge in [-0.1, -0.05) is 23.4 Å². The van der Waals surface area contributed by atoms with Gasteiger partial charge in [0.15, 0.2) is 5.82 Å². The monoisotopic (exact) mass is 508 g/mol. The van der Waals surface area contributed by atoms with Crippen molar-refractivity contribution in [3.63, 3.8) is 0 Å². The number of rotatable bonds is 9. The number of pyridine rings is 1. The number of hydrogen-bond donors (Lipinski definition) is 2. The number of halogens is 2. The van der Waals surface area contributed by atoms with E-state index in [2.05, 4.69) is 30.6 Å². The van der Waals surface area contributed by atoms with Crippen LogP contribution in [-0.4, -0.2) is 61.8 Å². The lowest BCUT2D eigenvalue weighted by atomic mass is 10.0. The van der Waals surface area contributed by atoms with Gasteiger partial charge in [-0.25, -0.2) is 19.3 Å². The lowest BCUT2D eigenvalue weighted by Gasteiger charge is -2.21. The third kappa shape index (κ3) is 4.86. The molecule has 2 N–H and O–H groups in total. The number of thiophene rings is 1. The second-order valence-electron chi connectivity index (χ2n) is 7.99. The molecule has 184 valence electrons. The highest BCUT2D eigenvalue weighted by Gasteiger charge is 2.18. The largest absolute Gasteiger partial charge is 0.395 e. The van der Waals surface area contributed by atoms with E-state index in [0.29, 0.717) is 41.7 Å². The highest BCUT2D eigenvalue weighted by molar-refractivity contribution is 7.22. The van der Waals surface area contributed by atoms with E-state index in [1.807, 2.05) is 36.2 Å². The van der Waals surface area contributed by atoms with Crippen LogP contribution in [0.15, 0.2) is 55.1 Å². The van der Waals surface area contributed by atoms with E-state index in [4.69, 9.17) is 0 Å². The van der Waals surface area contributed by atoms with Gasteiger partial charge in [-0.3, -0.25) is 4.68 Å². The average Bonchev–Trinajstić information content (AvgIpc) is 3.55. The van der Waals surface area contributed by atoms with Gasteiger partial charge in [0, 0.05) is 48.2 Å². The Balaban J connectivity index is 1.50. The molecule has 12 heteroatoms. The minimum absolute atomic E-state index is 0.0527. The van der Waals surface area contributed by atoms with E-state index < -0.39 is 11.8 Å². The number of nitrogens with one attached hydrogen (secondary N) is 1. The number of aliphatic hydroxyl groups is 1. The first-order valence-corrected chi connectivity index (χ1v) is 12.0. The Labute approximate surface area is 209 Å². The van der Waals surface area contributed by atoms with Crippen molar-refractivity contribution in [3.8, 4) is 21.7 Å². The predicted molar refractivity (Wildman–Crippen MR) is 135 cm³/mol. The Morgan fingerprint density at radius 3 is 2.83 bits per heavy atom. The van der Waals surface area contributed by atoms with Crippen molar-refractivity contribution in [2.75, 3.05) is 37.0 Å². The second kappa shape index (κ2) is 10.3. The van der Waals surface area contributed by atoms with Crippen LogP contribution in [0.2, 0.25) is 0 Å². The fourth-order valence-electron chi connectivity index (χ4n) is 3.86. The summed E-state index contributed by atoms with van der Waals surface area (Å²) in [6.45, 7) is 1.36. The molecule has 0 aliphatic carbocycles. The van der Waals surface area contributed by atoms with E-state index in [1.165, 1.54) is 23.6 Å². The first kappa shape index (κ1) is 23.7. The molecule has 36 heavy (non-hydrogen) atoms. The van der Waals surface area contributed by atoms with Crippen molar-refractivity contribution in [1.82, 2.24) is 29.9 Å². The molecule has 0 amide bonds. The average molecular weight is 509 g/mol. The first-order chi connectivity index (χ1) is 17.5. The van der Waals surface area contributed by atoms with Gasteiger partial charge >= 0.3 is 0 Å². The van der Waals surface area contributed by atoms with Crippen LogP contribution in [-0.2, 0) is 6.54 Å². The van der Waals surface area contributed by atoms with E-state index in [0.717, 1.165) is 21.8 Å². The lowest BCUT2D eigenvalue weighted by Crippen LogP contribution is -2.22. The Kier molecular flexibility index (Phi) is 6.78. The summed E-state index contributed by atoms with van der Waals surface area (Å²) >= 11 is 1.37. The van der Waals surface area contributed by atoms with Crippen LogP contribution in [0.3, 0.4) is 0 Å². The van der Waals surface area contributed by atoms with Crippen LogP contribution in [0.25, 0.3) is 31.8 Å². The van der Waals surface area contributed by atoms with Gasteiger partial charge in [-0.05, 0) is 11.5 Å². The number of benzene rings is 1. The van der Waals surface area contributed by atoms with Crippen molar-refractivity contribution in [2.45, 2.75) is 6.54 Å². The Bertz CT molecular complexity index is 1490. The molecular weight excluding hydrogens is 486 g/mol. The molecule has 0 radical (unpaired) electrons. The Morgan fingerprint density at radius 1 is 1.14 bits per heavy atom. The number of nitrogens with zero attached hydrogens (tertiary/aromatic N) is 7. The van der Waals surface area contributed by atoms with Crippen LogP contribution in [0.4, 0.5) is 20.4 Å². The maximum Gasteiger partial charge on any atom is 0.223 e. The van der Waals surface area contributed by atoms with Crippen molar-refractivity contribution in [1.29, 1.82) is 0 Å². The maximum atomic E-state index is 14.8. The molecule has 0 aliphatic heterocycles. The van der Waals surface area contributed by atoms with E-state index >= 15 is 0 Å². The molecule has 0 atom stereocenters. The minimum Gasteiger partial charge on any atom is -0.395 e. The van der Waals surface area contributed by atoms with Crippen LogP contribution < -0.4 is 10.2 Å². The van der Waals surface area contributed by atoms with Gasteiger partial charge in [0.25, 0.3) is 0 Å². The fourth-order valence-corrected chi connectivity index (χ4v) is 5.04. The zero-order chi connectivity index (χ0) is 25.1. The second-order valence-corrected chi connectivity index (χ2v) is 9.04. The molecule has 5 rings (SSSR count). The summed E-state index contributed by atoms with van der Waals surface area (Å²) in [5, 5.41) is 21.0. The molecule has 0 fully saturated rings. The summed E-state index contributed by atoms with van der Waals surface area (Å²) < 4.78 is 31.5. The van der Waals surface area contributed by atoms with Crippen molar-refractivity contribution in [3.05, 3.63) is 66.9 Å². The Morgan fingerprint density at radius 2 is 2.03 bits per heavy atom. The summed E-state index contributed by atoms with van der Waals surface area (Å²) in [4.78, 5) is 14.7. The fraction of sp³-hybridized carbons (Fsp3) is 0.208. The highest BCUT2D eigenvalue weighted by atomic mass is 32.1. The predicted octanol–water partition coefficient (Wildman–Crippen LogP) is 3.83. The van der Waals surface area contributed by atoms with Gasteiger partial charge in [-0.15, -0.1) is 16.4 Å².